The predicted octanol–water partition coefficient (Wildman–Crippen LogP) is 4.42. The Morgan fingerprint density at radius 1 is 1.11 bits per heavy atom. The Balaban J connectivity index is 2.26. The monoisotopic (exact) mass is 262 g/mol. The summed E-state index contributed by atoms with van der Waals surface area (Å²) in [6.45, 7) is 1.95. The lowest BCUT2D eigenvalue weighted by Gasteiger charge is -2.13. The Kier molecular flexibility index (Phi) is 4.39. The average molecular weight is 262 g/mol. The molecule has 0 saturated carbocycles. The van der Waals surface area contributed by atoms with Crippen molar-refractivity contribution in [3.05, 3.63) is 59.9 Å². The molecule has 2 rings (SSSR count). The molecule has 3 heteroatoms. The molecule has 1 nitrogen and oxygen atoms in total. The highest BCUT2D eigenvalue weighted by Crippen LogP contribution is 2.34. The molecule has 0 spiro atoms. The van der Waals surface area contributed by atoms with Crippen LogP contribution in [0, 0.1) is 5.82 Å². The predicted molar refractivity (Wildman–Crippen MR) is 72.2 cm³/mol. The highest BCUT2D eigenvalue weighted by atomic mass is 32.2. The second-order valence-corrected chi connectivity index (χ2v) is 5.13. The van der Waals surface area contributed by atoms with E-state index in [1.54, 1.807) is 12.1 Å². The topological polar surface area (TPSA) is 20.2 Å². The minimum Gasteiger partial charge on any atom is -0.388 e. The zero-order chi connectivity index (χ0) is 13.0. The van der Waals surface area contributed by atoms with E-state index in [0.717, 1.165) is 15.4 Å². The third-order valence-corrected chi connectivity index (χ3v) is 3.81. The van der Waals surface area contributed by atoms with E-state index in [2.05, 4.69) is 0 Å². The largest absolute Gasteiger partial charge is 0.388 e. The van der Waals surface area contributed by atoms with E-state index in [1.165, 1.54) is 23.9 Å². The van der Waals surface area contributed by atoms with E-state index in [-0.39, 0.29) is 5.82 Å². The van der Waals surface area contributed by atoms with Crippen LogP contribution in [0.25, 0.3) is 0 Å². The maximum Gasteiger partial charge on any atom is 0.123 e. The third-order valence-electron chi connectivity index (χ3n) is 2.71. The molecular weight excluding hydrogens is 247 g/mol. The van der Waals surface area contributed by atoms with Crippen molar-refractivity contribution in [3.63, 3.8) is 0 Å². The molecule has 0 aliphatic carbocycles. The molecule has 18 heavy (non-hydrogen) atoms. The number of halogens is 1. The van der Waals surface area contributed by atoms with E-state index >= 15 is 0 Å². The molecule has 0 aromatic heterocycles. The van der Waals surface area contributed by atoms with Crippen molar-refractivity contribution in [1.29, 1.82) is 0 Å². The fraction of sp³-hybridized carbons (Fsp3) is 0.200. The van der Waals surface area contributed by atoms with Gasteiger partial charge in [0.05, 0.1) is 6.10 Å². The Morgan fingerprint density at radius 3 is 2.44 bits per heavy atom. The lowest BCUT2D eigenvalue weighted by atomic mass is 10.1. The minimum absolute atomic E-state index is 0.235. The lowest BCUT2D eigenvalue weighted by molar-refractivity contribution is 0.171. The molecule has 0 radical (unpaired) electrons. The van der Waals surface area contributed by atoms with Crippen LogP contribution in [-0.4, -0.2) is 5.11 Å². The van der Waals surface area contributed by atoms with Gasteiger partial charge in [0.2, 0.25) is 0 Å². The molecule has 0 heterocycles. The van der Waals surface area contributed by atoms with Gasteiger partial charge in [-0.1, -0.05) is 36.9 Å². The van der Waals surface area contributed by atoms with Crippen LogP contribution >= 0.6 is 11.8 Å². The van der Waals surface area contributed by atoms with Gasteiger partial charge in [-0.05, 0) is 42.3 Å². The molecule has 0 aliphatic heterocycles. The quantitative estimate of drug-likeness (QED) is 0.880. The van der Waals surface area contributed by atoms with Gasteiger partial charge < -0.3 is 5.11 Å². The molecule has 1 atom stereocenters. The van der Waals surface area contributed by atoms with Crippen LogP contribution in [0.15, 0.2) is 58.3 Å². The second-order valence-electron chi connectivity index (χ2n) is 4.02. The van der Waals surface area contributed by atoms with Gasteiger partial charge >= 0.3 is 0 Å². The number of aliphatic hydroxyl groups is 1. The summed E-state index contributed by atoms with van der Waals surface area (Å²) < 4.78 is 12.8. The number of hydrogen-bond acceptors (Lipinski definition) is 2. The number of hydrogen-bond donors (Lipinski definition) is 1. The summed E-state index contributed by atoms with van der Waals surface area (Å²) in [5.74, 6) is -0.235. The lowest BCUT2D eigenvalue weighted by Crippen LogP contribution is -1.96. The number of rotatable bonds is 4. The summed E-state index contributed by atoms with van der Waals surface area (Å²) in [4.78, 5) is 1.98. The molecule has 0 saturated heterocycles. The smallest absolute Gasteiger partial charge is 0.123 e. The maximum atomic E-state index is 12.8. The summed E-state index contributed by atoms with van der Waals surface area (Å²) in [6.07, 6.45) is 0.232. The summed E-state index contributed by atoms with van der Waals surface area (Å²) in [6, 6.07) is 14.1. The van der Waals surface area contributed by atoms with Crippen molar-refractivity contribution in [1.82, 2.24) is 0 Å². The van der Waals surface area contributed by atoms with Crippen LogP contribution in [0.3, 0.4) is 0 Å². The van der Waals surface area contributed by atoms with Crippen LogP contribution in [0.5, 0.6) is 0 Å². The first-order chi connectivity index (χ1) is 8.70. The first kappa shape index (κ1) is 13.1. The summed E-state index contributed by atoms with van der Waals surface area (Å²) in [7, 11) is 0. The second kappa shape index (κ2) is 6.03. The molecule has 0 bridgehead atoms. The summed E-state index contributed by atoms with van der Waals surface area (Å²) >= 11 is 1.54. The van der Waals surface area contributed by atoms with Gasteiger partial charge in [-0.25, -0.2) is 4.39 Å². The maximum absolute atomic E-state index is 12.8. The molecular formula is C15H15FOS. The van der Waals surface area contributed by atoms with Crippen LogP contribution < -0.4 is 0 Å². The van der Waals surface area contributed by atoms with Crippen molar-refractivity contribution in [2.24, 2.45) is 0 Å². The average Bonchev–Trinajstić information content (AvgIpc) is 2.41. The fourth-order valence-corrected chi connectivity index (χ4v) is 2.69. The first-order valence-electron chi connectivity index (χ1n) is 5.91. The number of aliphatic hydroxyl groups excluding tert-OH is 1. The van der Waals surface area contributed by atoms with Gasteiger partial charge in [-0.3, -0.25) is 0 Å². The molecule has 0 aliphatic rings. The van der Waals surface area contributed by atoms with Crippen molar-refractivity contribution >= 4 is 11.8 Å². The van der Waals surface area contributed by atoms with Crippen molar-refractivity contribution in [2.45, 2.75) is 29.2 Å². The van der Waals surface area contributed by atoms with Crippen molar-refractivity contribution in [3.8, 4) is 0 Å². The molecule has 2 aromatic rings. The molecule has 1 N–H and O–H groups in total. The molecule has 0 unspecified atom stereocenters. The van der Waals surface area contributed by atoms with Crippen LogP contribution in [0.4, 0.5) is 4.39 Å². The van der Waals surface area contributed by atoms with Gasteiger partial charge in [0, 0.05) is 9.79 Å². The third kappa shape index (κ3) is 3.12. The van der Waals surface area contributed by atoms with Gasteiger partial charge in [0.1, 0.15) is 5.82 Å². The van der Waals surface area contributed by atoms with E-state index in [9.17, 15) is 9.50 Å². The highest BCUT2D eigenvalue weighted by molar-refractivity contribution is 7.99. The molecule has 0 fully saturated rings. The standard InChI is InChI=1S/C15H15FOS/c1-2-14(17)13-5-3-4-6-15(13)18-12-9-7-11(16)8-10-12/h3-10,14,17H,2H2,1H3/t14-/m1/s1. The van der Waals surface area contributed by atoms with E-state index < -0.39 is 6.10 Å². The molecule has 2 aromatic carbocycles. The SMILES string of the molecule is CC[C@@H](O)c1ccccc1Sc1ccc(F)cc1. The Morgan fingerprint density at radius 2 is 1.78 bits per heavy atom. The highest BCUT2D eigenvalue weighted by Gasteiger charge is 2.10. The Bertz CT molecular complexity index is 510. The Hall–Kier alpha value is -1.32. The van der Waals surface area contributed by atoms with Gasteiger partial charge in [-0.2, -0.15) is 0 Å². The van der Waals surface area contributed by atoms with Crippen LogP contribution in [0.1, 0.15) is 25.0 Å². The van der Waals surface area contributed by atoms with Gasteiger partial charge in [0.15, 0.2) is 0 Å². The number of benzene rings is 2. The summed E-state index contributed by atoms with van der Waals surface area (Å²) in [5.41, 5.74) is 0.925. The first-order valence-corrected chi connectivity index (χ1v) is 6.72. The Labute approximate surface area is 111 Å². The van der Waals surface area contributed by atoms with Gasteiger partial charge in [-0.15, -0.1) is 0 Å². The minimum atomic E-state index is -0.450. The van der Waals surface area contributed by atoms with Crippen molar-refractivity contribution < 1.29 is 9.50 Å². The van der Waals surface area contributed by atoms with E-state index in [4.69, 9.17) is 0 Å². The van der Waals surface area contributed by atoms with Crippen molar-refractivity contribution in [2.75, 3.05) is 0 Å². The normalized spacial score (nSPS) is 12.4. The molecule has 0 amide bonds. The van der Waals surface area contributed by atoms with Gasteiger partial charge in [0.25, 0.3) is 0 Å². The zero-order valence-corrected chi connectivity index (χ0v) is 11.0. The van der Waals surface area contributed by atoms with Crippen LogP contribution in [-0.2, 0) is 0 Å². The summed E-state index contributed by atoms with van der Waals surface area (Å²) in [5, 5.41) is 9.96. The zero-order valence-electron chi connectivity index (χ0n) is 10.1. The van der Waals surface area contributed by atoms with Crippen LogP contribution in [0.2, 0.25) is 0 Å². The van der Waals surface area contributed by atoms with E-state index in [0.29, 0.717) is 6.42 Å². The fourth-order valence-electron chi connectivity index (χ4n) is 1.70. The molecule has 94 valence electrons. The van der Waals surface area contributed by atoms with E-state index in [1.807, 2.05) is 31.2 Å².